The number of carbonyl (C=O) groups excluding carboxylic acids is 1. The van der Waals surface area contributed by atoms with E-state index in [0.717, 1.165) is 17.0 Å². The maximum absolute atomic E-state index is 12.6. The van der Waals surface area contributed by atoms with E-state index in [0.29, 0.717) is 16.9 Å². The SMILES string of the molecule is COc1ccc(-c2nnc(SC(C)C(=O)Nc3ccc(C(C)C)cc3)n2N)cc1. The van der Waals surface area contributed by atoms with E-state index in [-0.39, 0.29) is 5.91 Å². The first kappa shape index (κ1) is 20.7. The molecule has 152 valence electrons. The highest BCUT2D eigenvalue weighted by molar-refractivity contribution is 8.00. The van der Waals surface area contributed by atoms with E-state index in [1.54, 1.807) is 7.11 Å². The normalized spacial score (nSPS) is 12.0. The Morgan fingerprint density at radius 3 is 2.31 bits per heavy atom. The molecule has 0 radical (unpaired) electrons. The molecular formula is C21H25N5O2S. The first-order valence-corrected chi connectivity index (χ1v) is 10.2. The molecule has 1 unspecified atom stereocenters. The van der Waals surface area contributed by atoms with Crippen molar-refractivity contribution in [3.63, 3.8) is 0 Å². The Balaban J connectivity index is 1.66. The van der Waals surface area contributed by atoms with E-state index in [4.69, 9.17) is 10.6 Å². The molecule has 3 N–H and O–H groups in total. The van der Waals surface area contributed by atoms with Crippen LogP contribution in [-0.4, -0.2) is 33.1 Å². The number of nitrogens with one attached hydrogen (secondary N) is 1. The zero-order valence-corrected chi connectivity index (χ0v) is 17.7. The van der Waals surface area contributed by atoms with Crippen LogP contribution in [-0.2, 0) is 4.79 Å². The molecule has 0 bridgehead atoms. The number of nitrogens with two attached hydrogens (primary N) is 1. The molecular weight excluding hydrogens is 386 g/mol. The number of thioether (sulfide) groups is 1. The third-order valence-electron chi connectivity index (χ3n) is 4.51. The summed E-state index contributed by atoms with van der Waals surface area (Å²) in [5.41, 5.74) is 2.81. The number of rotatable bonds is 7. The average molecular weight is 412 g/mol. The predicted octanol–water partition coefficient (Wildman–Crippen LogP) is 3.91. The molecule has 8 heteroatoms. The van der Waals surface area contributed by atoms with Gasteiger partial charge in [0.25, 0.3) is 0 Å². The monoisotopic (exact) mass is 411 g/mol. The average Bonchev–Trinajstić information content (AvgIpc) is 3.08. The minimum atomic E-state index is -0.394. The maximum Gasteiger partial charge on any atom is 0.237 e. The second-order valence-electron chi connectivity index (χ2n) is 6.93. The Labute approximate surface area is 174 Å². The zero-order chi connectivity index (χ0) is 21.0. The lowest BCUT2D eigenvalue weighted by Crippen LogP contribution is -2.23. The number of ether oxygens (including phenoxy) is 1. The number of methoxy groups -OCH3 is 1. The van der Waals surface area contributed by atoms with Crippen LogP contribution in [0.4, 0.5) is 5.69 Å². The van der Waals surface area contributed by atoms with Crippen LogP contribution in [0.25, 0.3) is 11.4 Å². The summed E-state index contributed by atoms with van der Waals surface area (Å²) in [6.07, 6.45) is 0. The number of hydrogen-bond acceptors (Lipinski definition) is 6. The number of anilines is 1. The van der Waals surface area contributed by atoms with Crippen LogP contribution in [0.1, 0.15) is 32.3 Å². The van der Waals surface area contributed by atoms with Crippen molar-refractivity contribution in [2.45, 2.75) is 37.1 Å². The molecule has 0 aliphatic heterocycles. The topological polar surface area (TPSA) is 95.1 Å². The summed E-state index contributed by atoms with van der Waals surface area (Å²) in [4.78, 5) is 12.6. The highest BCUT2D eigenvalue weighted by Gasteiger charge is 2.20. The van der Waals surface area contributed by atoms with E-state index < -0.39 is 5.25 Å². The van der Waals surface area contributed by atoms with Crippen molar-refractivity contribution >= 4 is 23.4 Å². The van der Waals surface area contributed by atoms with Gasteiger partial charge in [0.2, 0.25) is 11.1 Å². The minimum absolute atomic E-state index is 0.124. The molecule has 3 rings (SSSR count). The van der Waals surface area contributed by atoms with Crippen LogP contribution < -0.4 is 15.9 Å². The molecule has 1 heterocycles. The number of nitrogens with zero attached hydrogens (tertiary/aromatic N) is 3. The molecule has 2 aromatic carbocycles. The van der Waals surface area contributed by atoms with Crippen molar-refractivity contribution in [2.24, 2.45) is 0 Å². The van der Waals surface area contributed by atoms with Crippen molar-refractivity contribution in [3.05, 3.63) is 54.1 Å². The number of nitrogen functional groups attached to an aromatic ring is 1. The van der Waals surface area contributed by atoms with E-state index in [1.165, 1.54) is 22.0 Å². The Hall–Kier alpha value is -3.00. The maximum atomic E-state index is 12.6. The van der Waals surface area contributed by atoms with Crippen LogP contribution in [0.15, 0.2) is 53.7 Å². The molecule has 7 nitrogen and oxygen atoms in total. The van der Waals surface area contributed by atoms with E-state index in [9.17, 15) is 4.79 Å². The second-order valence-corrected chi connectivity index (χ2v) is 8.24. The summed E-state index contributed by atoms with van der Waals surface area (Å²) in [6, 6.07) is 15.3. The van der Waals surface area contributed by atoms with Crippen LogP contribution >= 0.6 is 11.8 Å². The highest BCUT2D eigenvalue weighted by Crippen LogP contribution is 2.26. The lowest BCUT2D eigenvalue weighted by Gasteiger charge is -2.12. The van der Waals surface area contributed by atoms with E-state index in [1.807, 2.05) is 55.5 Å². The van der Waals surface area contributed by atoms with Gasteiger partial charge >= 0.3 is 0 Å². The van der Waals surface area contributed by atoms with Gasteiger partial charge in [-0.2, -0.15) is 0 Å². The van der Waals surface area contributed by atoms with Gasteiger partial charge in [-0.05, 0) is 54.8 Å². The molecule has 0 aliphatic carbocycles. The molecule has 0 fully saturated rings. The van der Waals surface area contributed by atoms with Gasteiger partial charge in [0.1, 0.15) is 5.75 Å². The third kappa shape index (κ3) is 4.89. The molecule has 1 amide bonds. The summed E-state index contributed by atoms with van der Waals surface area (Å²) in [7, 11) is 1.61. The quantitative estimate of drug-likeness (QED) is 0.452. The van der Waals surface area contributed by atoms with Gasteiger partial charge in [0.15, 0.2) is 5.82 Å². The highest BCUT2D eigenvalue weighted by atomic mass is 32.2. The summed E-state index contributed by atoms with van der Waals surface area (Å²) in [5.74, 6) is 7.75. The molecule has 0 saturated heterocycles. The number of aromatic nitrogens is 3. The molecule has 1 aromatic heterocycles. The van der Waals surface area contributed by atoms with Gasteiger partial charge < -0.3 is 15.9 Å². The molecule has 3 aromatic rings. The van der Waals surface area contributed by atoms with Crippen molar-refractivity contribution in [1.29, 1.82) is 0 Å². The van der Waals surface area contributed by atoms with Gasteiger partial charge in [0, 0.05) is 11.3 Å². The molecule has 0 aliphatic rings. The Bertz CT molecular complexity index is 968. The van der Waals surface area contributed by atoms with Gasteiger partial charge in [-0.25, -0.2) is 4.68 Å². The minimum Gasteiger partial charge on any atom is -0.497 e. The fraction of sp³-hybridized carbons (Fsp3) is 0.286. The van der Waals surface area contributed by atoms with Crippen LogP contribution in [0.2, 0.25) is 0 Å². The first-order valence-electron chi connectivity index (χ1n) is 9.31. The van der Waals surface area contributed by atoms with Crippen LogP contribution in [0, 0.1) is 0 Å². The van der Waals surface area contributed by atoms with Crippen LogP contribution in [0.3, 0.4) is 0 Å². The smallest absolute Gasteiger partial charge is 0.237 e. The third-order valence-corrected chi connectivity index (χ3v) is 5.57. The number of benzene rings is 2. The fourth-order valence-corrected chi connectivity index (χ4v) is 3.47. The van der Waals surface area contributed by atoms with E-state index >= 15 is 0 Å². The van der Waals surface area contributed by atoms with Gasteiger partial charge in [-0.15, -0.1) is 10.2 Å². The lowest BCUT2D eigenvalue weighted by molar-refractivity contribution is -0.115. The van der Waals surface area contributed by atoms with Crippen molar-refractivity contribution in [1.82, 2.24) is 14.9 Å². The van der Waals surface area contributed by atoms with E-state index in [2.05, 4.69) is 29.4 Å². The second kappa shape index (κ2) is 9.00. The van der Waals surface area contributed by atoms with Crippen molar-refractivity contribution in [2.75, 3.05) is 18.3 Å². The Morgan fingerprint density at radius 1 is 1.07 bits per heavy atom. The predicted molar refractivity (Wildman–Crippen MR) is 117 cm³/mol. The summed E-state index contributed by atoms with van der Waals surface area (Å²) in [6.45, 7) is 6.08. The summed E-state index contributed by atoms with van der Waals surface area (Å²) in [5, 5.41) is 11.3. The summed E-state index contributed by atoms with van der Waals surface area (Å²) >= 11 is 1.26. The molecule has 0 saturated carbocycles. The first-order chi connectivity index (χ1) is 13.9. The molecule has 29 heavy (non-hydrogen) atoms. The lowest BCUT2D eigenvalue weighted by atomic mass is 10.0. The van der Waals surface area contributed by atoms with Crippen molar-refractivity contribution in [3.8, 4) is 17.1 Å². The van der Waals surface area contributed by atoms with Crippen molar-refractivity contribution < 1.29 is 9.53 Å². The van der Waals surface area contributed by atoms with Gasteiger partial charge in [-0.3, -0.25) is 4.79 Å². The largest absolute Gasteiger partial charge is 0.497 e. The fourth-order valence-electron chi connectivity index (χ4n) is 2.70. The van der Waals surface area contributed by atoms with Crippen LogP contribution in [0.5, 0.6) is 5.75 Å². The Kier molecular flexibility index (Phi) is 6.43. The number of amides is 1. The Morgan fingerprint density at radius 2 is 1.72 bits per heavy atom. The molecule has 0 spiro atoms. The standard InChI is InChI=1S/C21H25N5O2S/c1-13(2)15-5-9-17(10-6-15)23-20(27)14(3)29-21-25-24-19(26(21)22)16-7-11-18(28-4)12-8-16/h5-14H,22H2,1-4H3,(H,23,27). The number of carbonyl (C=O) groups is 1. The summed E-state index contributed by atoms with van der Waals surface area (Å²) < 4.78 is 6.56. The number of hydrogen-bond donors (Lipinski definition) is 2. The molecule has 1 atom stereocenters. The zero-order valence-electron chi connectivity index (χ0n) is 16.9. The van der Waals surface area contributed by atoms with Gasteiger partial charge in [-0.1, -0.05) is 37.7 Å². The van der Waals surface area contributed by atoms with Gasteiger partial charge in [0.05, 0.1) is 12.4 Å².